The quantitative estimate of drug-likeness (QED) is 0.164. The summed E-state index contributed by atoms with van der Waals surface area (Å²) in [5.41, 5.74) is 1.22. The summed E-state index contributed by atoms with van der Waals surface area (Å²) in [6.45, 7) is 0. The molecule has 1 aromatic heterocycles. The van der Waals surface area contributed by atoms with Gasteiger partial charge in [0.05, 0.1) is 26.5 Å². The van der Waals surface area contributed by atoms with Crippen LogP contribution in [-0.2, 0) is 0 Å². The van der Waals surface area contributed by atoms with Gasteiger partial charge in [-0.3, -0.25) is 19.5 Å². The number of benzene rings is 3. The molecule has 0 aliphatic heterocycles. The summed E-state index contributed by atoms with van der Waals surface area (Å²) >= 11 is 14.4. The van der Waals surface area contributed by atoms with Crippen molar-refractivity contribution in [3.63, 3.8) is 0 Å². The summed E-state index contributed by atoms with van der Waals surface area (Å²) in [5, 5.41) is 12.2. The molecule has 0 aliphatic carbocycles. The summed E-state index contributed by atoms with van der Waals surface area (Å²) in [4.78, 5) is 28.6. The van der Waals surface area contributed by atoms with Crippen molar-refractivity contribution in [2.24, 2.45) is 0 Å². The summed E-state index contributed by atoms with van der Waals surface area (Å²) in [6, 6.07) is 16.6. The Labute approximate surface area is 200 Å². The van der Waals surface area contributed by atoms with Crippen LogP contribution in [0.1, 0.15) is 11.4 Å². The second-order valence-corrected chi connectivity index (χ2v) is 8.64. The summed E-state index contributed by atoms with van der Waals surface area (Å²) in [6.07, 6.45) is 3.49. The molecule has 9 heteroatoms. The number of hydrogen-bond donors (Lipinski definition) is 0. The van der Waals surface area contributed by atoms with E-state index in [2.05, 4.69) is 27.6 Å². The molecule has 0 aliphatic rings. The molecule has 0 radical (unpaired) electrons. The van der Waals surface area contributed by atoms with E-state index in [1.54, 1.807) is 36.4 Å². The van der Waals surface area contributed by atoms with E-state index in [0.717, 1.165) is 9.13 Å². The zero-order valence-electron chi connectivity index (χ0n) is 15.6. The molecule has 0 amide bonds. The van der Waals surface area contributed by atoms with Gasteiger partial charge in [0.15, 0.2) is 0 Å². The van der Waals surface area contributed by atoms with Crippen molar-refractivity contribution in [2.75, 3.05) is 0 Å². The fourth-order valence-electron chi connectivity index (χ4n) is 3.05. The molecule has 4 aromatic rings. The Kier molecular flexibility index (Phi) is 6.08. The van der Waals surface area contributed by atoms with Crippen LogP contribution >= 0.6 is 45.8 Å². The van der Waals surface area contributed by atoms with E-state index < -0.39 is 4.92 Å². The Balaban J connectivity index is 1.96. The van der Waals surface area contributed by atoms with Crippen molar-refractivity contribution in [1.82, 2.24) is 9.55 Å². The van der Waals surface area contributed by atoms with Crippen LogP contribution in [0.3, 0.4) is 0 Å². The average Bonchev–Trinajstić information content (AvgIpc) is 2.74. The Bertz CT molecular complexity index is 1420. The molecule has 0 saturated carbocycles. The zero-order valence-corrected chi connectivity index (χ0v) is 19.3. The number of nitro benzene ring substituents is 1. The predicted octanol–water partition coefficient (Wildman–Crippen LogP) is 6.38. The van der Waals surface area contributed by atoms with E-state index in [1.807, 2.05) is 18.2 Å². The van der Waals surface area contributed by atoms with Gasteiger partial charge in [0.1, 0.15) is 5.82 Å². The van der Waals surface area contributed by atoms with Crippen molar-refractivity contribution in [3.8, 4) is 5.69 Å². The molecule has 0 bridgehead atoms. The van der Waals surface area contributed by atoms with E-state index in [4.69, 9.17) is 23.2 Å². The predicted molar refractivity (Wildman–Crippen MR) is 132 cm³/mol. The second kappa shape index (κ2) is 8.78. The number of rotatable bonds is 4. The SMILES string of the molecule is O=c1c2cc(I)ccc2nc(C=Cc2ccc(Cl)cc2)n1-c1ccc([N+](=O)[O-])cc1Cl. The van der Waals surface area contributed by atoms with Gasteiger partial charge in [0.25, 0.3) is 11.2 Å². The number of hydrogen-bond acceptors (Lipinski definition) is 4. The van der Waals surface area contributed by atoms with Gasteiger partial charge in [-0.1, -0.05) is 41.4 Å². The third-order valence-corrected chi connectivity index (χ3v) is 5.76. The van der Waals surface area contributed by atoms with Gasteiger partial charge in [-0.25, -0.2) is 4.98 Å². The molecular formula is C22H12Cl2IN3O3. The maximum absolute atomic E-state index is 13.4. The fraction of sp³-hybridized carbons (Fsp3) is 0. The van der Waals surface area contributed by atoms with Gasteiger partial charge >= 0.3 is 0 Å². The highest BCUT2D eigenvalue weighted by atomic mass is 127. The minimum absolute atomic E-state index is 0.0734. The van der Waals surface area contributed by atoms with Gasteiger partial charge < -0.3 is 0 Å². The number of fused-ring (bicyclic) bond motifs is 1. The number of non-ortho nitro benzene ring substituents is 1. The topological polar surface area (TPSA) is 78.0 Å². The van der Waals surface area contributed by atoms with E-state index in [-0.39, 0.29) is 16.3 Å². The van der Waals surface area contributed by atoms with E-state index >= 15 is 0 Å². The second-order valence-electron chi connectivity index (χ2n) is 6.55. The first-order valence-corrected chi connectivity index (χ1v) is 10.8. The number of nitro groups is 1. The molecule has 0 saturated heterocycles. The maximum atomic E-state index is 13.4. The van der Waals surface area contributed by atoms with Gasteiger partial charge in [-0.2, -0.15) is 0 Å². The maximum Gasteiger partial charge on any atom is 0.271 e. The lowest BCUT2D eigenvalue weighted by Gasteiger charge is -2.13. The van der Waals surface area contributed by atoms with Crippen molar-refractivity contribution in [2.45, 2.75) is 0 Å². The average molecular weight is 564 g/mol. The molecule has 0 spiro atoms. The highest BCUT2D eigenvalue weighted by Gasteiger charge is 2.16. The van der Waals surface area contributed by atoms with Crippen LogP contribution in [0.5, 0.6) is 0 Å². The van der Waals surface area contributed by atoms with Gasteiger partial charge in [0.2, 0.25) is 0 Å². The molecule has 0 fully saturated rings. The van der Waals surface area contributed by atoms with E-state index in [9.17, 15) is 14.9 Å². The monoisotopic (exact) mass is 563 g/mol. The Morgan fingerprint density at radius 3 is 2.42 bits per heavy atom. The number of aromatic nitrogens is 2. The Morgan fingerprint density at radius 1 is 1.00 bits per heavy atom. The molecule has 4 rings (SSSR count). The molecule has 0 atom stereocenters. The fourth-order valence-corrected chi connectivity index (χ4v) is 3.93. The first kappa shape index (κ1) is 21.5. The Hall–Kier alpha value is -2.75. The summed E-state index contributed by atoms with van der Waals surface area (Å²) < 4.78 is 2.24. The molecule has 0 unspecified atom stereocenters. The molecule has 3 aromatic carbocycles. The zero-order chi connectivity index (χ0) is 22.1. The third kappa shape index (κ3) is 4.48. The minimum Gasteiger partial charge on any atom is -0.268 e. The smallest absolute Gasteiger partial charge is 0.268 e. The normalized spacial score (nSPS) is 11.3. The summed E-state index contributed by atoms with van der Waals surface area (Å²) in [7, 11) is 0. The van der Waals surface area contributed by atoms with Crippen molar-refractivity contribution >= 4 is 74.5 Å². The minimum atomic E-state index is -0.541. The summed E-state index contributed by atoms with van der Waals surface area (Å²) in [5.74, 6) is 0.337. The number of nitrogens with zero attached hydrogens (tertiary/aromatic N) is 3. The van der Waals surface area contributed by atoms with Crippen LogP contribution < -0.4 is 5.56 Å². The molecule has 1 heterocycles. The van der Waals surface area contributed by atoms with Crippen molar-refractivity contribution in [1.29, 1.82) is 0 Å². The lowest BCUT2D eigenvalue weighted by molar-refractivity contribution is -0.384. The molecule has 6 nitrogen and oxygen atoms in total. The molecule has 0 N–H and O–H groups in total. The van der Waals surface area contributed by atoms with Crippen LogP contribution in [-0.4, -0.2) is 14.5 Å². The standard InChI is InChI=1S/C22H12Cl2IN3O3/c23-14-4-1-13(2-5-14)3-10-21-26-19-8-6-15(25)11-17(19)22(29)27(21)20-9-7-16(28(30)31)12-18(20)24/h1-12H. The van der Waals surface area contributed by atoms with Crippen LogP contribution in [0.4, 0.5) is 5.69 Å². The van der Waals surface area contributed by atoms with Gasteiger partial charge in [0, 0.05) is 20.7 Å². The van der Waals surface area contributed by atoms with Crippen molar-refractivity contribution in [3.05, 3.63) is 106 Å². The number of halogens is 3. The van der Waals surface area contributed by atoms with E-state index in [1.165, 1.54) is 22.8 Å². The van der Waals surface area contributed by atoms with Crippen LogP contribution in [0.25, 0.3) is 28.7 Å². The lowest BCUT2D eigenvalue weighted by atomic mass is 10.2. The van der Waals surface area contributed by atoms with Crippen molar-refractivity contribution < 1.29 is 4.92 Å². The van der Waals surface area contributed by atoms with Gasteiger partial charge in [-0.05, 0) is 70.6 Å². The molecule has 154 valence electrons. The van der Waals surface area contributed by atoms with Crippen LogP contribution in [0, 0.1) is 13.7 Å². The molecular weight excluding hydrogens is 552 g/mol. The van der Waals surface area contributed by atoms with Crippen LogP contribution in [0.2, 0.25) is 10.0 Å². The molecule has 31 heavy (non-hydrogen) atoms. The largest absolute Gasteiger partial charge is 0.271 e. The third-order valence-electron chi connectivity index (χ3n) is 4.53. The highest BCUT2D eigenvalue weighted by molar-refractivity contribution is 14.1. The van der Waals surface area contributed by atoms with Crippen LogP contribution in [0.15, 0.2) is 65.5 Å². The Morgan fingerprint density at radius 2 is 1.74 bits per heavy atom. The lowest BCUT2D eigenvalue weighted by Crippen LogP contribution is -2.22. The highest BCUT2D eigenvalue weighted by Crippen LogP contribution is 2.27. The first-order chi connectivity index (χ1) is 14.8. The van der Waals surface area contributed by atoms with E-state index in [0.29, 0.717) is 27.4 Å². The first-order valence-electron chi connectivity index (χ1n) is 8.94. The van der Waals surface area contributed by atoms with Gasteiger partial charge in [-0.15, -0.1) is 0 Å².